The fourth-order valence-electron chi connectivity index (χ4n) is 0.451. The molecule has 2 N–H and O–H groups in total. The van der Waals surface area contributed by atoms with Crippen molar-refractivity contribution in [1.82, 2.24) is 0 Å². The molecule has 0 aromatic rings. The minimum absolute atomic E-state index is 0.467. The zero-order valence-electron chi connectivity index (χ0n) is 11.2. The molecular formula is C6H13NO3S. The summed E-state index contributed by atoms with van der Waals surface area (Å²) in [4.78, 5) is 11.0. The lowest BCUT2D eigenvalue weighted by Crippen LogP contribution is -2.35. The van der Waals surface area contributed by atoms with Gasteiger partial charge in [-0.2, -0.15) is 0 Å². The van der Waals surface area contributed by atoms with E-state index in [4.69, 9.17) is 12.6 Å². The van der Waals surface area contributed by atoms with Gasteiger partial charge in [-0.1, -0.05) is 13.3 Å². The summed E-state index contributed by atoms with van der Waals surface area (Å²) >= 11 is 0. The first-order valence-electron chi connectivity index (χ1n) is 5.19. The Morgan fingerprint density at radius 3 is 2.36 bits per heavy atom. The van der Waals surface area contributed by atoms with Crippen molar-refractivity contribution in [1.29, 1.82) is 0 Å². The fraction of sp³-hybridized carbons (Fsp3) is 0.833. The number of nitrogens with two attached hydrogens (primary N) is 1. The van der Waals surface area contributed by atoms with Crippen LogP contribution in [0.5, 0.6) is 0 Å². The molecular weight excluding hydrogens is 166 g/mol. The Bertz CT molecular complexity index is 401. The van der Waals surface area contributed by atoms with Crippen LogP contribution in [-0.2, 0) is 14.6 Å². The fourth-order valence-corrected chi connectivity index (χ4v) is 1.10. The lowest BCUT2D eigenvalue weighted by molar-refractivity contribution is -0.117. The van der Waals surface area contributed by atoms with Crippen molar-refractivity contribution in [2.45, 2.75) is 24.9 Å². The molecule has 66 valence electrons. The molecule has 0 aromatic carbocycles. The van der Waals surface area contributed by atoms with Crippen molar-refractivity contribution >= 4 is 15.7 Å². The van der Waals surface area contributed by atoms with Crippen molar-refractivity contribution in [3.63, 3.8) is 0 Å². The van der Waals surface area contributed by atoms with Gasteiger partial charge in [0.1, 0.15) is 5.23 Å². The van der Waals surface area contributed by atoms with Gasteiger partial charge in [0.25, 0.3) is 0 Å². The van der Waals surface area contributed by atoms with Crippen molar-refractivity contribution in [3.8, 4) is 0 Å². The second-order valence-electron chi connectivity index (χ2n) is 1.84. The molecule has 1 amide bonds. The number of hydrogen-bond donors (Lipinski definition) is 1. The molecule has 0 aliphatic rings. The first kappa shape index (κ1) is 4.45. The Hall–Kier alpha value is -0.580. The van der Waals surface area contributed by atoms with Crippen LogP contribution in [0.15, 0.2) is 0 Å². The molecule has 0 aliphatic carbocycles. The normalized spacial score (nSPS) is 26.5. The van der Waals surface area contributed by atoms with E-state index in [-0.39, 0.29) is 0 Å². The Labute approximate surface area is 73.7 Å². The minimum Gasteiger partial charge on any atom is -0.369 e. The highest BCUT2D eigenvalue weighted by Crippen LogP contribution is 2.05. The topological polar surface area (TPSA) is 77.2 Å². The smallest absolute Gasteiger partial charge is 0.235 e. The number of amides is 1. The number of sulfone groups is 1. The lowest BCUT2D eigenvalue weighted by atomic mass is 10.2. The molecule has 0 rings (SSSR count). The minimum atomic E-state index is -4.53. The predicted octanol–water partition coefficient (Wildman–Crippen LogP) is -0.315. The third kappa shape index (κ3) is 3.36. The molecule has 4 nitrogen and oxygen atoms in total. The van der Waals surface area contributed by atoms with E-state index in [1.54, 1.807) is 0 Å². The van der Waals surface area contributed by atoms with Crippen LogP contribution < -0.4 is 5.73 Å². The van der Waals surface area contributed by atoms with Crippen LogP contribution in [0.2, 0.25) is 0 Å². The van der Waals surface area contributed by atoms with Crippen LogP contribution in [0.3, 0.4) is 0 Å². The standard InChI is InChI=1S/C6H13NO3S/c1-3-4-5(6(7)8)11(2,9)10/h5H,3-4H2,1-2H3,(H2,7,8)/i3D2,4D2,5D. The summed E-state index contributed by atoms with van der Waals surface area (Å²) in [6, 6.07) is 0. The maximum absolute atomic E-state index is 11.3. The van der Waals surface area contributed by atoms with Crippen molar-refractivity contribution < 1.29 is 20.1 Å². The van der Waals surface area contributed by atoms with Crippen LogP contribution in [0, 0.1) is 0 Å². The highest BCUT2D eigenvalue weighted by atomic mass is 32.2. The maximum atomic E-state index is 11.3. The van der Waals surface area contributed by atoms with Crippen molar-refractivity contribution in [2.24, 2.45) is 5.73 Å². The van der Waals surface area contributed by atoms with E-state index >= 15 is 0 Å². The SMILES string of the molecule is [2H]C([2H])(C)C([2H])([2H])C([2H])(C(N)=O)S(C)(=O)=O. The molecule has 5 heteroatoms. The number of carbonyl (C=O) groups excluding carboxylic acids is 1. The van der Waals surface area contributed by atoms with Gasteiger partial charge < -0.3 is 5.73 Å². The molecule has 0 bridgehead atoms. The molecule has 1 unspecified atom stereocenters. The highest BCUT2D eigenvalue weighted by Gasteiger charge is 2.24. The van der Waals surface area contributed by atoms with Gasteiger partial charge in [-0.3, -0.25) is 4.79 Å². The van der Waals surface area contributed by atoms with Crippen LogP contribution in [0.1, 0.15) is 26.5 Å². The summed E-state index contributed by atoms with van der Waals surface area (Å²) in [5.74, 6) is -1.74. The lowest BCUT2D eigenvalue weighted by Gasteiger charge is -2.08. The highest BCUT2D eigenvalue weighted by molar-refractivity contribution is 7.92. The second-order valence-corrected chi connectivity index (χ2v) is 3.79. The summed E-state index contributed by atoms with van der Waals surface area (Å²) < 4.78 is 59.0. The van der Waals surface area contributed by atoms with Gasteiger partial charge in [0.15, 0.2) is 9.84 Å². The molecule has 11 heavy (non-hydrogen) atoms. The van der Waals surface area contributed by atoms with E-state index in [0.717, 1.165) is 6.92 Å². The van der Waals surface area contributed by atoms with E-state index in [9.17, 15) is 13.2 Å². The van der Waals surface area contributed by atoms with E-state index < -0.39 is 33.7 Å². The molecule has 0 radical (unpaired) electrons. The van der Waals surface area contributed by atoms with Crippen molar-refractivity contribution in [3.05, 3.63) is 0 Å². The molecule has 0 aromatic heterocycles. The van der Waals surface area contributed by atoms with Gasteiger partial charge in [-0.05, 0) is 6.37 Å². The van der Waals surface area contributed by atoms with Gasteiger partial charge in [0, 0.05) is 11.7 Å². The molecule has 1 atom stereocenters. The van der Waals surface area contributed by atoms with E-state index in [0.29, 0.717) is 6.26 Å². The monoisotopic (exact) mass is 184 g/mol. The zero-order chi connectivity index (χ0) is 13.6. The number of rotatable bonds is 4. The number of primary amides is 1. The Balaban J connectivity index is 6.07. The Kier molecular flexibility index (Phi) is 1.50. The molecule has 0 saturated heterocycles. The largest absolute Gasteiger partial charge is 0.369 e. The average Bonchev–Trinajstić information content (AvgIpc) is 1.97. The van der Waals surface area contributed by atoms with Gasteiger partial charge >= 0.3 is 0 Å². The Morgan fingerprint density at radius 2 is 2.27 bits per heavy atom. The molecule has 0 heterocycles. The maximum Gasteiger partial charge on any atom is 0.235 e. The van der Waals surface area contributed by atoms with Gasteiger partial charge in [0.05, 0.1) is 1.37 Å². The number of carbonyl (C=O) groups is 1. The molecule has 0 fully saturated rings. The van der Waals surface area contributed by atoms with Crippen molar-refractivity contribution in [2.75, 3.05) is 6.26 Å². The van der Waals surface area contributed by atoms with Gasteiger partial charge in [0.2, 0.25) is 5.91 Å². The van der Waals surface area contributed by atoms with Gasteiger partial charge in [-0.15, -0.1) is 0 Å². The van der Waals surface area contributed by atoms with E-state index in [1.165, 1.54) is 0 Å². The molecule has 0 aliphatic heterocycles. The third-order valence-electron chi connectivity index (χ3n) is 0.833. The van der Waals surface area contributed by atoms with Crippen LogP contribution >= 0.6 is 0 Å². The molecule has 0 spiro atoms. The average molecular weight is 184 g/mol. The second kappa shape index (κ2) is 3.71. The third-order valence-corrected chi connectivity index (χ3v) is 1.88. The van der Waals surface area contributed by atoms with Crippen LogP contribution in [0.4, 0.5) is 0 Å². The molecule has 0 saturated carbocycles. The van der Waals surface area contributed by atoms with Gasteiger partial charge in [-0.25, -0.2) is 8.42 Å². The predicted molar refractivity (Wildman–Crippen MR) is 42.7 cm³/mol. The van der Waals surface area contributed by atoms with Crippen LogP contribution in [-0.4, -0.2) is 25.8 Å². The summed E-state index contributed by atoms with van der Waals surface area (Å²) in [6.45, 7) is 0.740. The summed E-state index contributed by atoms with van der Waals surface area (Å²) in [7, 11) is -4.53. The number of hydrogen-bond acceptors (Lipinski definition) is 3. The van der Waals surface area contributed by atoms with E-state index in [1.807, 2.05) is 0 Å². The summed E-state index contributed by atoms with van der Waals surface area (Å²) in [5.41, 5.74) is 4.73. The first-order valence-corrected chi connectivity index (χ1v) is 4.58. The van der Waals surface area contributed by atoms with Crippen LogP contribution in [0.25, 0.3) is 0 Å². The van der Waals surface area contributed by atoms with E-state index in [2.05, 4.69) is 0 Å². The zero-order valence-corrected chi connectivity index (χ0v) is 7.03. The first-order chi connectivity index (χ1) is 6.69. The Morgan fingerprint density at radius 1 is 1.82 bits per heavy atom. The summed E-state index contributed by atoms with van der Waals surface area (Å²) in [5, 5.41) is -3.36. The summed E-state index contributed by atoms with van der Waals surface area (Å²) in [6.07, 6.45) is -5.51. The quantitative estimate of drug-likeness (QED) is 0.650.